The van der Waals surface area contributed by atoms with Crippen LogP contribution in [0.15, 0.2) is 58.2 Å². The Bertz CT molecular complexity index is 865. The minimum atomic E-state index is -0.415. The van der Waals surface area contributed by atoms with E-state index < -0.39 is 5.97 Å². The molecular weight excluding hydrogens is 360 g/mol. The molecule has 7 heteroatoms. The Labute approximate surface area is 154 Å². The number of carbonyl (C=O) groups is 1. The van der Waals surface area contributed by atoms with Crippen molar-refractivity contribution in [2.75, 3.05) is 0 Å². The first-order valence-corrected chi connectivity index (χ1v) is 8.90. The van der Waals surface area contributed by atoms with E-state index in [2.05, 4.69) is 10.1 Å². The molecule has 0 aliphatic carbocycles. The average molecular weight is 375 g/mol. The van der Waals surface area contributed by atoms with Crippen LogP contribution in [0.25, 0.3) is 0 Å². The first kappa shape index (κ1) is 17.5. The van der Waals surface area contributed by atoms with Crippen LogP contribution in [0.4, 0.5) is 0 Å². The predicted molar refractivity (Wildman–Crippen MR) is 95.6 cm³/mol. The number of halogens is 1. The number of ether oxygens (including phenoxy) is 1. The van der Waals surface area contributed by atoms with Gasteiger partial charge in [-0.2, -0.15) is 0 Å². The molecule has 2 heterocycles. The van der Waals surface area contributed by atoms with Gasteiger partial charge in [-0.05, 0) is 36.8 Å². The molecule has 0 aliphatic rings. The van der Waals surface area contributed by atoms with Crippen LogP contribution in [0.2, 0.25) is 5.02 Å². The summed E-state index contributed by atoms with van der Waals surface area (Å²) in [5.74, 6) is 0.896. The van der Waals surface area contributed by atoms with Gasteiger partial charge in [0.25, 0.3) is 0 Å². The largest absolute Gasteiger partial charge is 0.457 e. The van der Waals surface area contributed by atoms with E-state index in [1.165, 1.54) is 11.8 Å². The Balaban J connectivity index is 1.64. The van der Waals surface area contributed by atoms with Crippen molar-refractivity contribution in [2.45, 2.75) is 24.3 Å². The molecule has 0 saturated heterocycles. The molecule has 0 bridgehead atoms. The molecule has 0 unspecified atom stereocenters. The first-order chi connectivity index (χ1) is 12.1. The smallest absolute Gasteiger partial charge is 0.341 e. The first-order valence-electron chi connectivity index (χ1n) is 7.53. The Morgan fingerprint density at radius 2 is 2.08 bits per heavy atom. The molecule has 3 aromatic rings. The maximum Gasteiger partial charge on any atom is 0.341 e. The number of aromatic nitrogens is 2. The fraction of sp³-hybridized carbons (Fsp3) is 0.167. The van der Waals surface area contributed by atoms with E-state index in [0.717, 1.165) is 17.0 Å². The second-order valence-corrected chi connectivity index (χ2v) is 6.68. The molecule has 0 spiro atoms. The summed E-state index contributed by atoms with van der Waals surface area (Å²) >= 11 is 7.26. The third-order valence-corrected chi connectivity index (χ3v) is 4.60. The van der Waals surface area contributed by atoms with E-state index in [-0.39, 0.29) is 6.61 Å². The van der Waals surface area contributed by atoms with Crippen molar-refractivity contribution >= 4 is 29.3 Å². The lowest BCUT2D eigenvalue weighted by Crippen LogP contribution is -2.07. The van der Waals surface area contributed by atoms with Gasteiger partial charge in [0.1, 0.15) is 17.4 Å². The van der Waals surface area contributed by atoms with Crippen molar-refractivity contribution in [2.24, 2.45) is 0 Å². The van der Waals surface area contributed by atoms with Crippen molar-refractivity contribution in [3.8, 4) is 0 Å². The van der Waals surface area contributed by atoms with Crippen LogP contribution in [0, 0.1) is 6.92 Å². The van der Waals surface area contributed by atoms with E-state index in [1.807, 2.05) is 25.1 Å². The van der Waals surface area contributed by atoms with Crippen LogP contribution in [0.1, 0.15) is 27.4 Å². The van der Waals surface area contributed by atoms with Crippen LogP contribution in [0.5, 0.6) is 0 Å². The molecule has 0 saturated carbocycles. The molecule has 0 N–H and O–H groups in total. The lowest BCUT2D eigenvalue weighted by Gasteiger charge is -2.08. The Hall–Kier alpha value is -2.31. The van der Waals surface area contributed by atoms with Gasteiger partial charge in [0.05, 0.1) is 11.3 Å². The highest BCUT2D eigenvalue weighted by Gasteiger charge is 2.15. The van der Waals surface area contributed by atoms with E-state index in [0.29, 0.717) is 21.4 Å². The van der Waals surface area contributed by atoms with E-state index in [9.17, 15) is 4.79 Å². The summed E-state index contributed by atoms with van der Waals surface area (Å²) in [5, 5.41) is 5.18. The van der Waals surface area contributed by atoms with Gasteiger partial charge in [0, 0.05) is 23.0 Å². The average Bonchev–Trinajstić information content (AvgIpc) is 3.05. The highest BCUT2D eigenvalue weighted by Crippen LogP contribution is 2.25. The molecule has 128 valence electrons. The number of hydrogen-bond acceptors (Lipinski definition) is 6. The van der Waals surface area contributed by atoms with Crippen LogP contribution in [-0.2, 0) is 17.1 Å². The lowest BCUT2D eigenvalue weighted by atomic mass is 10.2. The normalized spacial score (nSPS) is 10.6. The molecule has 25 heavy (non-hydrogen) atoms. The quantitative estimate of drug-likeness (QED) is 0.461. The minimum Gasteiger partial charge on any atom is -0.457 e. The van der Waals surface area contributed by atoms with Gasteiger partial charge in [0.15, 0.2) is 0 Å². The highest BCUT2D eigenvalue weighted by atomic mass is 35.5. The van der Waals surface area contributed by atoms with Crippen molar-refractivity contribution < 1.29 is 14.1 Å². The Morgan fingerprint density at radius 3 is 2.80 bits per heavy atom. The van der Waals surface area contributed by atoms with E-state index in [4.69, 9.17) is 20.9 Å². The van der Waals surface area contributed by atoms with Crippen molar-refractivity contribution in [1.29, 1.82) is 0 Å². The monoisotopic (exact) mass is 374 g/mol. The van der Waals surface area contributed by atoms with Gasteiger partial charge in [-0.15, -0.1) is 0 Å². The number of pyridine rings is 1. The van der Waals surface area contributed by atoms with E-state index in [1.54, 1.807) is 30.5 Å². The molecule has 0 radical (unpaired) electrons. The van der Waals surface area contributed by atoms with Gasteiger partial charge in [-0.1, -0.05) is 40.7 Å². The van der Waals surface area contributed by atoms with Crippen LogP contribution in [-0.4, -0.2) is 16.1 Å². The summed E-state index contributed by atoms with van der Waals surface area (Å²) in [5.41, 5.74) is 2.10. The maximum absolute atomic E-state index is 12.4. The zero-order valence-corrected chi connectivity index (χ0v) is 15.0. The minimum absolute atomic E-state index is 0.178. The van der Waals surface area contributed by atoms with E-state index >= 15 is 0 Å². The zero-order chi connectivity index (χ0) is 17.6. The van der Waals surface area contributed by atoms with Crippen molar-refractivity contribution in [3.63, 3.8) is 0 Å². The molecular formula is C18H15ClN2O3S. The lowest BCUT2D eigenvalue weighted by molar-refractivity contribution is 0.0467. The molecule has 2 aromatic heterocycles. The van der Waals surface area contributed by atoms with Gasteiger partial charge in [0.2, 0.25) is 0 Å². The number of hydrogen-bond donors (Lipinski definition) is 0. The number of nitrogens with zero attached hydrogens (tertiary/aromatic N) is 2. The Morgan fingerprint density at radius 1 is 1.28 bits per heavy atom. The number of benzene rings is 1. The summed E-state index contributed by atoms with van der Waals surface area (Å²) in [7, 11) is 0. The number of aryl methyl sites for hydroxylation is 1. The molecule has 0 fully saturated rings. The second kappa shape index (κ2) is 8.18. The summed E-state index contributed by atoms with van der Waals surface area (Å²) in [4.78, 5) is 16.7. The maximum atomic E-state index is 12.4. The van der Waals surface area contributed by atoms with Crippen LogP contribution >= 0.6 is 23.4 Å². The molecule has 1 aromatic carbocycles. The SMILES string of the molecule is Cc1cc(CSc2ncccc2C(=O)OCc2ccc(Cl)cc2)no1. The third kappa shape index (κ3) is 4.84. The van der Waals surface area contributed by atoms with Gasteiger partial charge < -0.3 is 9.26 Å². The zero-order valence-electron chi connectivity index (χ0n) is 13.4. The fourth-order valence-corrected chi connectivity index (χ4v) is 3.09. The van der Waals surface area contributed by atoms with Gasteiger partial charge in [-0.25, -0.2) is 9.78 Å². The molecule has 3 rings (SSSR count). The third-order valence-electron chi connectivity index (χ3n) is 3.31. The number of rotatable bonds is 6. The fourth-order valence-electron chi connectivity index (χ4n) is 2.10. The second-order valence-electron chi connectivity index (χ2n) is 5.28. The summed E-state index contributed by atoms with van der Waals surface area (Å²) in [6.07, 6.45) is 1.65. The predicted octanol–water partition coefficient (Wildman–Crippen LogP) is 4.68. The standard InChI is InChI=1S/C18H15ClN2O3S/c1-12-9-15(21-24-12)11-25-17-16(3-2-8-20-17)18(22)23-10-13-4-6-14(19)7-5-13/h2-9H,10-11H2,1H3. The van der Waals surface area contributed by atoms with Crippen molar-refractivity contribution in [3.05, 3.63) is 76.3 Å². The van der Waals surface area contributed by atoms with Gasteiger partial charge in [-0.3, -0.25) is 0 Å². The summed E-state index contributed by atoms with van der Waals surface area (Å²) < 4.78 is 10.4. The van der Waals surface area contributed by atoms with Crippen LogP contribution < -0.4 is 0 Å². The van der Waals surface area contributed by atoms with Crippen LogP contribution in [0.3, 0.4) is 0 Å². The Kier molecular flexibility index (Phi) is 5.73. The number of esters is 1. The molecule has 0 atom stereocenters. The topological polar surface area (TPSA) is 65.2 Å². The summed E-state index contributed by atoms with van der Waals surface area (Å²) in [6.45, 7) is 2.01. The van der Waals surface area contributed by atoms with Gasteiger partial charge >= 0.3 is 5.97 Å². The number of carbonyl (C=O) groups excluding carboxylic acids is 1. The molecule has 0 amide bonds. The summed E-state index contributed by atoms with van der Waals surface area (Å²) in [6, 6.07) is 12.4. The molecule has 0 aliphatic heterocycles. The van der Waals surface area contributed by atoms with Crippen molar-refractivity contribution in [1.82, 2.24) is 10.1 Å². The molecule has 5 nitrogen and oxygen atoms in total. The highest BCUT2D eigenvalue weighted by molar-refractivity contribution is 7.98. The number of thioether (sulfide) groups is 1.